The third kappa shape index (κ3) is 2.08. The second-order valence-corrected chi connectivity index (χ2v) is 5.84. The molecular weight excluding hydrogens is 258 g/mol. The summed E-state index contributed by atoms with van der Waals surface area (Å²) in [6.07, 6.45) is 0. The van der Waals surface area contributed by atoms with Crippen LogP contribution in [-0.2, 0) is 0 Å². The Balaban J connectivity index is 2.27. The zero-order valence-corrected chi connectivity index (χ0v) is 12.7. The molecule has 106 valence electrons. The van der Waals surface area contributed by atoms with Crippen molar-refractivity contribution in [2.75, 3.05) is 14.1 Å². The van der Waals surface area contributed by atoms with E-state index < -0.39 is 0 Å². The second-order valence-electron chi connectivity index (χ2n) is 5.84. The Morgan fingerprint density at radius 3 is 1.62 bits per heavy atom. The highest BCUT2D eigenvalue weighted by Crippen LogP contribution is 2.45. The number of allylic oxidation sites excluding steroid dienone is 3. The molecule has 3 rings (SSSR count). The highest BCUT2D eigenvalue weighted by Gasteiger charge is 2.40. The van der Waals surface area contributed by atoms with Crippen molar-refractivity contribution < 1.29 is 9.59 Å². The Bertz CT molecular complexity index is 661. The van der Waals surface area contributed by atoms with Crippen LogP contribution in [0.2, 0.25) is 0 Å². The normalized spacial score (nSPS) is 17.5. The van der Waals surface area contributed by atoms with Crippen molar-refractivity contribution in [1.82, 2.24) is 0 Å². The van der Waals surface area contributed by atoms with Crippen molar-refractivity contribution in [1.29, 1.82) is 0 Å². The van der Waals surface area contributed by atoms with Crippen LogP contribution in [0, 0.1) is 0 Å². The van der Waals surface area contributed by atoms with E-state index in [0.717, 1.165) is 28.0 Å². The smallest absolute Gasteiger partial charge is 0.302 e. The van der Waals surface area contributed by atoms with Gasteiger partial charge in [-0.25, -0.2) is 4.48 Å². The minimum atomic E-state index is 0.397. The van der Waals surface area contributed by atoms with E-state index in [-0.39, 0.29) is 0 Å². The van der Waals surface area contributed by atoms with E-state index in [2.05, 4.69) is 19.1 Å². The summed E-state index contributed by atoms with van der Waals surface area (Å²) in [4.78, 5) is 0. The molecule has 0 bridgehead atoms. The highest BCUT2D eigenvalue weighted by molar-refractivity contribution is 6.07. The van der Waals surface area contributed by atoms with Gasteiger partial charge in [-0.2, -0.15) is 0 Å². The van der Waals surface area contributed by atoms with Crippen LogP contribution >= 0.6 is 0 Å². The lowest BCUT2D eigenvalue weighted by Crippen LogP contribution is -2.34. The van der Waals surface area contributed by atoms with Crippen molar-refractivity contribution in [3.63, 3.8) is 0 Å². The SMILES string of the molecule is CC1=C(c2ccccc2)C(c2ccccc2)=C(O)[N+]1(C)C. The van der Waals surface area contributed by atoms with Gasteiger partial charge in [-0.1, -0.05) is 60.7 Å². The Morgan fingerprint density at radius 1 is 0.714 bits per heavy atom. The topological polar surface area (TPSA) is 20.2 Å². The third-order valence-corrected chi connectivity index (χ3v) is 4.33. The fourth-order valence-electron chi connectivity index (χ4n) is 2.85. The molecule has 1 N–H and O–H groups in total. The molecule has 0 atom stereocenters. The van der Waals surface area contributed by atoms with Gasteiger partial charge >= 0.3 is 5.88 Å². The number of rotatable bonds is 2. The largest absolute Gasteiger partial charge is 0.467 e. The number of nitrogens with zero attached hydrogens (tertiary/aromatic N) is 1. The summed E-state index contributed by atoms with van der Waals surface area (Å²) in [7, 11) is 4.03. The van der Waals surface area contributed by atoms with Gasteiger partial charge in [0.2, 0.25) is 0 Å². The fourth-order valence-corrected chi connectivity index (χ4v) is 2.85. The predicted molar refractivity (Wildman–Crippen MR) is 87.1 cm³/mol. The monoisotopic (exact) mass is 278 g/mol. The highest BCUT2D eigenvalue weighted by atomic mass is 16.3. The van der Waals surface area contributed by atoms with Crippen molar-refractivity contribution in [3.05, 3.63) is 83.4 Å². The van der Waals surface area contributed by atoms with Crippen LogP contribution in [0.5, 0.6) is 0 Å². The molecule has 0 saturated carbocycles. The van der Waals surface area contributed by atoms with Crippen molar-refractivity contribution in [3.8, 4) is 0 Å². The molecular formula is C19H20NO+. The lowest BCUT2D eigenvalue weighted by atomic mass is 9.93. The van der Waals surface area contributed by atoms with E-state index >= 15 is 0 Å². The summed E-state index contributed by atoms with van der Waals surface area (Å²) in [5.41, 5.74) is 5.41. The first-order valence-electron chi connectivity index (χ1n) is 7.14. The maximum Gasteiger partial charge on any atom is 0.302 e. The molecule has 2 aromatic carbocycles. The molecule has 0 amide bonds. The predicted octanol–water partition coefficient (Wildman–Crippen LogP) is 4.43. The number of quaternary nitrogens is 1. The Labute approximate surface area is 125 Å². The van der Waals surface area contributed by atoms with E-state index in [0.29, 0.717) is 10.4 Å². The van der Waals surface area contributed by atoms with Gasteiger partial charge in [-0.05, 0) is 11.1 Å². The van der Waals surface area contributed by atoms with Gasteiger partial charge in [0.25, 0.3) is 0 Å². The van der Waals surface area contributed by atoms with Crippen LogP contribution in [0.1, 0.15) is 18.1 Å². The van der Waals surface area contributed by atoms with Crippen LogP contribution in [0.4, 0.5) is 0 Å². The lowest BCUT2D eigenvalue weighted by Gasteiger charge is -2.24. The number of aliphatic hydroxyl groups excluding tert-OH is 1. The first kappa shape index (κ1) is 13.7. The molecule has 1 aliphatic heterocycles. The molecule has 0 radical (unpaired) electrons. The van der Waals surface area contributed by atoms with E-state index in [9.17, 15) is 5.11 Å². The van der Waals surface area contributed by atoms with Gasteiger partial charge in [0.1, 0.15) is 5.70 Å². The second kappa shape index (κ2) is 4.90. The minimum absolute atomic E-state index is 0.397. The van der Waals surface area contributed by atoms with Crippen molar-refractivity contribution in [2.45, 2.75) is 6.92 Å². The average molecular weight is 278 g/mol. The molecule has 0 fully saturated rings. The van der Waals surface area contributed by atoms with Crippen LogP contribution in [0.3, 0.4) is 0 Å². The summed E-state index contributed by atoms with van der Waals surface area (Å²) in [6.45, 7) is 2.09. The first-order chi connectivity index (χ1) is 10.0. The van der Waals surface area contributed by atoms with Crippen LogP contribution in [0.25, 0.3) is 11.1 Å². The van der Waals surface area contributed by atoms with E-state index in [1.165, 1.54) is 0 Å². The van der Waals surface area contributed by atoms with Crippen LogP contribution < -0.4 is 0 Å². The summed E-state index contributed by atoms with van der Waals surface area (Å²) < 4.78 is 0.397. The Kier molecular flexibility index (Phi) is 3.19. The maximum atomic E-state index is 10.8. The third-order valence-electron chi connectivity index (χ3n) is 4.33. The molecule has 0 aromatic heterocycles. The summed E-state index contributed by atoms with van der Waals surface area (Å²) in [5, 5.41) is 10.8. The number of aliphatic hydroxyl groups is 1. The van der Waals surface area contributed by atoms with Gasteiger partial charge in [-0.15, -0.1) is 0 Å². The van der Waals surface area contributed by atoms with Crippen LogP contribution in [-0.4, -0.2) is 23.7 Å². The van der Waals surface area contributed by atoms with Crippen LogP contribution in [0.15, 0.2) is 72.2 Å². The Morgan fingerprint density at radius 2 is 1.14 bits per heavy atom. The van der Waals surface area contributed by atoms with Crippen molar-refractivity contribution in [2.24, 2.45) is 0 Å². The molecule has 0 aliphatic carbocycles. The average Bonchev–Trinajstić information content (AvgIpc) is 2.69. The molecule has 2 nitrogen and oxygen atoms in total. The zero-order valence-electron chi connectivity index (χ0n) is 12.7. The standard InChI is InChI=1S/C19H19NO/c1-14-17(15-10-6-4-7-11-15)18(19(21)20(14,2)3)16-12-8-5-9-13-16/h4-13H,1-3H3/p+1. The lowest BCUT2D eigenvalue weighted by molar-refractivity contribution is -0.825. The maximum absolute atomic E-state index is 10.8. The van der Waals surface area contributed by atoms with E-state index in [4.69, 9.17) is 0 Å². The summed E-state index contributed by atoms with van der Waals surface area (Å²) >= 11 is 0. The van der Waals surface area contributed by atoms with Gasteiger partial charge in [0, 0.05) is 6.92 Å². The molecule has 2 heteroatoms. The van der Waals surface area contributed by atoms with E-state index in [1.807, 2.05) is 62.6 Å². The fraction of sp³-hybridized carbons (Fsp3) is 0.158. The zero-order chi connectivity index (χ0) is 15.0. The molecule has 21 heavy (non-hydrogen) atoms. The number of benzene rings is 2. The molecule has 0 unspecified atom stereocenters. The Hall–Kier alpha value is -2.32. The van der Waals surface area contributed by atoms with Gasteiger partial charge in [0.15, 0.2) is 0 Å². The molecule has 0 saturated heterocycles. The number of hydrogen-bond donors (Lipinski definition) is 1. The molecule has 1 aliphatic rings. The van der Waals surface area contributed by atoms with Crippen molar-refractivity contribution >= 4 is 11.1 Å². The first-order valence-corrected chi connectivity index (χ1v) is 7.14. The molecule has 2 aromatic rings. The van der Waals surface area contributed by atoms with Gasteiger partial charge in [-0.3, -0.25) is 0 Å². The quantitative estimate of drug-likeness (QED) is 0.805. The minimum Gasteiger partial charge on any atom is -0.467 e. The summed E-state index contributed by atoms with van der Waals surface area (Å²) in [6, 6.07) is 20.4. The molecule has 0 spiro atoms. The number of hydrogen-bond acceptors (Lipinski definition) is 1. The van der Waals surface area contributed by atoms with E-state index in [1.54, 1.807) is 0 Å². The van der Waals surface area contributed by atoms with Gasteiger partial charge < -0.3 is 5.11 Å². The summed E-state index contributed by atoms with van der Waals surface area (Å²) in [5.74, 6) is 0.401. The molecule has 1 heterocycles. The van der Waals surface area contributed by atoms with Gasteiger partial charge in [0.05, 0.1) is 25.2 Å².